The minimum absolute atomic E-state index is 0.0663. The van der Waals surface area contributed by atoms with Crippen LogP contribution in [-0.2, 0) is 20.8 Å². The van der Waals surface area contributed by atoms with Gasteiger partial charge in [-0.2, -0.15) is 0 Å². The third-order valence-electron chi connectivity index (χ3n) is 5.41. The Balaban J connectivity index is 1.75. The first-order valence-corrected chi connectivity index (χ1v) is 11.7. The Morgan fingerprint density at radius 3 is 2.51 bits per heavy atom. The molecule has 0 aromatic heterocycles. The number of halogens is 1. The minimum Gasteiger partial charge on any atom is -0.444 e. The average molecular weight is 508 g/mol. The third kappa shape index (κ3) is 7.10. The second-order valence-electron chi connectivity index (χ2n) is 9.58. The number of hydrogen-bond acceptors (Lipinski definition) is 5. The van der Waals surface area contributed by atoms with E-state index in [0.29, 0.717) is 16.8 Å². The number of nitrogens with zero attached hydrogens (tertiary/aromatic N) is 2. The number of rotatable bonds is 6. The van der Waals surface area contributed by atoms with Crippen molar-refractivity contribution in [2.75, 3.05) is 11.4 Å². The van der Waals surface area contributed by atoms with E-state index in [1.807, 2.05) is 0 Å². The predicted octanol–water partition coefficient (Wildman–Crippen LogP) is 5.19. The highest BCUT2D eigenvalue weighted by Crippen LogP contribution is 2.30. The van der Waals surface area contributed by atoms with Gasteiger partial charge < -0.3 is 14.8 Å². The van der Waals surface area contributed by atoms with Gasteiger partial charge in [0, 0.05) is 18.7 Å². The van der Waals surface area contributed by atoms with Crippen LogP contribution < -0.4 is 10.2 Å². The first-order valence-electron chi connectivity index (χ1n) is 11.7. The van der Waals surface area contributed by atoms with Crippen LogP contribution >= 0.6 is 0 Å². The molecule has 1 heterocycles. The Labute approximate surface area is 216 Å². The molecule has 0 radical (unpaired) electrons. The summed E-state index contributed by atoms with van der Waals surface area (Å²) in [4.78, 5) is 38.6. The number of nitrogens with one attached hydrogen (secondary N) is 1. The van der Waals surface area contributed by atoms with Crippen molar-refractivity contribution < 1.29 is 28.2 Å². The van der Waals surface area contributed by atoms with Crippen molar-refractivity contribution in [3.8, 4) is 23.5 Å². The number of benzene rings is 2. The molecule has 37 heavy (non-hydrogen) atoms. The molecule has 1 fully saturated rings. The molecule has 1 atom stereocenters. The van der Waals surface area contributed by atoms with E-state index in [2.05, 4.69) is 11.2 Å². The second kappa shape index (κ2) is 11.2. The lowest BCUT2D eigenvalue weighted by Crippen LogP contribution is -2.41. The lowest BCUT2D eigenvalue weighted by Gasteiger charge is -2.29. The molecule has 0 saturated carbocycles. The molecule has 2 aromatic carbocycles. The van der Waals surface area contributed by atoms with E-state index >= 15 is 4.39 Å². The van der Waals surface area contributed by atoms with Crippen molar-refractivity contribution >= 4 is 23.8 Å². The Morgan fingerprint density at radius 2 is 1.95 bits per heavy atom. The lowest BCUT2D eigenvalue weighted by atomic mass is 10.0. The standard InChI is InChI=1S/C28H30FN3O5/c1-7-18(2)31(27(35)37-28(4,5)6)16-20-8-10-21(11-9-20)24-13-12-22(14-25(24)29)32-17-23(36-26(32)34)15-30-19(3)33/h1,8-15,18H,16-17H2,2-6H3,(H,30,33)/b23-15-. The molecule has 8 nitrogen and oxygen atoms in total. The Bertz CT molecular complexity index is 1260. The molecule has 9 heteroatoms. The molecule has 0 spiro atoms. The van der Waals surface area contributed by atoms with Crippen molar-refractivity contribution in [3.05, 3.63) is 65.8 Å². The van der Waals surface area contributed by atoms with E-state index in [1.54, 1.807) is 64.1 Å². The third-order valence-corrected chi connectivity index (χ3v) is 5.41. The zero-order valence-electron chi connectivity index (χ0n) is 21.5. The molecule has 1 unspecified atom stereocenters. The normalized spacial score (nSPS) is 15.1. The summed E-state index contributed by atoms with van der Waals surface area (Å²) in [7, 11) is 0. The summed E-state index contributed by atoms with van der Waals surface area (Å²) in [6.45, 7) is 8.72. The molecule has 2 aromatic rings. The monoisotopic (exact) mass is 507 g/mol. The molecule has 3 rings (SSSR count). The smallest absolute Gasteiger partial charge is 0.419 e. The Hall–Kier alpha value is -4.32. The van der Waals surface area contributed by atoms with Gasteiger partial charge in [-0.1, -0.05) is 30.2 Å². The van der Waals surface area contributed by atoms with Gasteiger partial charge in [0.25, 0.3) is 0 Å². The van der Waals surface area contributed by atoms with Gasteiger partial charge in [0.05, 0.1) is 24.8 Å². The summed E-state index contributed by atoms with van der Waals surface area (Å²) in [5, 5.41) is 2.45. The van der Waals surface area contributed by atoms with Crippen LogP contribution in [0.4, 0.5) is 19.7 Å². The number of ether oxygens (including phenoxy) is 2. The number of terminal acetylenes is 1. The number of anilines is 1. The van der Waals surface area contributed by atoms with Crippen LogP contribution in [0.25, 0.3) is 11.1 Å². The van der Waals surface area contributed by atoms with E-state index in [0.717, 1.165) is 5.56 Å². The summed E-state index contributed by atoms with van der Waals surface area (Å²) in [6, 6.07) is 11.1. The van der Waals surface area contributed by atoms with Gasteiger partial charge in [0.1, 0.15) is 17.2 Å². The lowest BCUT2D eigenvalue weighted by molar-refractivity contribution is -0.118. The first-order chi connectivity index (χ1) is 17.4. The highest BCUT2D eigenvalue weighted by Gasteiger charge is 2.29. The highest BCUT2D eigenvalue weighted by molar-refractivity contribution is 5.91. The molecule has 3 amide bonds. The van der Waals surface area contributed by atoms with Crippen molar-refractivity contribution in [3.63, 3.8) is 0 Å². The van der Waals surface area contributed by atoms with E-state index in [4.69, 9.17) is 15.9 Å². The SMILES string of the molecule is C#CC(C)N(Cc1ccc(-c2ccc(N3C/C(=C/NC(C)=O)OC3=O)cc2F)cc1)C(=O)OC(C)(C)C. The van der Waals surface area contributed by atoms with Gasteiger partial charge in [-0.05, 0) is 57.0 Å². The predicted molar refractivity (Wildman–Crippen MR) is 138 cm³/mol. The number of amides is 3. The first kappa shape index (κ1) is 27.3. The fourth-order valence-electron chi connectivity index (χ4n) is 3.54. The average Bonchev–Trinajstić information content (AvgIpc) is 3.20. The maximum absolute atomic E-state index is 15.1. The Kier molecular flexibility index (Phi) is 8.23. The maximum Gasteiger partial charge on any atom is 0.419 e. The quantitative estimate of drug-likeness (QED) is 0.544. The molecule has 1 N–H and O–H groups in total. The Morgan fingerprint density at radius 1 is 1.27 bits per heavy atom. The molecule has 1 saturated heterocycles. The van der Waals surface area contributed by atoms with Gasteiger partial charge in [-0.25, -0.2) is 14.0 Å². The van der Waals surface area contributed by atoms with Crippen LogP contribution in [0.2, 0.25) is 0 Å². The van der Waals surface area contributed by atoms with Gasteiger partial charge in [0.15, 0.2) is 0 Å². The molecule has 1 aliphatic heterocycles. The van der Waals surface area contributed by atoms with Crippen molar-refractivity contribution in [2.24, 2.45) is 0 Å². The minimum atomic E-state index is -0.663. The molecule has 1 aliphatic rings. The van der Waals surface area contributed by atoms with Gasteiger partial charge in [-0.15, -0.1) is 6.42 Å². The van der Waals surface area contributed by atoms with Crippen molar-refractivity contribution in [2.45, 2.75) is 52.8 Å². The van der Waals surface area contributed by atoms with E-state index < -0.39 is 29.6 Å². The molecule has 194 valence electrons. The summed E-state index contributed by atoms with van der Waals surface area (Å²) in [5.74, 6) is 1.99. The summed E-state index contributed by atoms with van der Waals surface area (Å²) < 4.78 is 25.6. The van der Waals surface area contributed by atoms with Crippen LogP contribution in [0.5, 0.6) is 0 Å². The van der Waals surface area contributed by atoms with Gasteiger partial charge in [0.2, 0.25) is 5.91 Å². The van der Waals surface area contributed by atoms with Crippen molar-refractivity contribution in [1.82, 2.24) is 10.2 Å². The number of hydrogen-bond donors (Lipinski definition) is 1. The topological polar surface area (TPSA) is 88.2 Å². The molecule has 0 bridgehead atoms. The zero-order chi connectivity index (χ0) is 27.3. The maximum atomic E-state index is 15.1. The van der Waals surface area contributed by atoms with Crippen LogP contribution in [0, 0.1) is 18.2 Å². The zero-order valence-corrected chi connectivity index (χ0v) is 21.5. The van der Waals surface area contributed by atoms with Gasteiger partial charge >= 0.3 is 12.2 Å². The van der Waals surface area contributed by atoms with E-state index in [-0.39, 0.29) is 24.8 Å². The summed E-state index contributed by atoms with van der Waals surface area (Å²) >= 11 is 0. The van der Waals surface area contributed by atoms with Crippen LogP contribution in [0.15, 0.2) is 54.4 Å². The van der Waals surface area contributed by atoms with Crippen LogP contribution in [-0.4, -0.2) is 41.2 Å². The second-order valence-corrected chi connectivity index (χ2v) is 9.58. The number of carbonyl (C=O) groups excluding carboxylic acids is 3. The van der Waals surface area contributed by atoms with Crippen molar-refractivity contribution in [1.29, 1.82) is 0 Å². The van der Waals surface area contributed by atoms with Gasteiger partial charge in [-0.3, -0.25) is 14.6 Å². The van der Waals surface area contributed by atoms with Crippen LogP contribution in [0.3, 0.4) is 0 Å². The highest BCUT2D eigenvalue weighted by atomic mass is 19.1. The fourth-order valence-corrected chi connectivity index (χ4v) is 3.54. The molecule has 0 aliphatic carbocycles. The van der Waals surface area contributed by atoms with Crippen LogP contribution in [0.1, 0.15) is 40.2 Å². The molecular formula is C28H30FN3O5. The summed E-state index contributed by atoms with van der Waals surface area (Å²) in [6.07, 6.45) is 5.68. The fraction of sp³-hybridized carbons (Fsp3) is 0.321. The number of cyclic esters (lactones) is 1. The number of carbonyl (C=O) groups is 3. The molecular weight excluding hydrogens is 477 g/mol. The van der Waals surface area contributed by atoms with E-state index in [9.17, 15) is 14.4 Å². The van der Waals surface area contributed by atoms with E-state index in [1.165, 1.54) is 29.0 Å². The summed E-state index contributed by atoms with van der Waals surface area (Å²) in [5.41, 5.74) is 1.43. The largest absolute Gasteiger partial charge is 0.444 e.